The molecule has 0 aromatic heterocycles. The maximum Gasteiger partial charge on any atom is 0.325 e. The number of carbonyl (C=O) groups excluding carboxylic acids is 4. The molecule has 4 N–H and O–H groups in total. The van der Waals surface area contributed by atoms with E-state index in [0.717, 1.165) is 27.8 Å². The van der Waals surface area contributed by atoms with Gasteiger partial charge in [0, 0.05) is 6.42 Å². The van der Waals surface area contributed by atoms with Crippen LogP contribution in [0.25, 0.3) is 0 Å². The summed E-state index contributed by atoms with van der Waals surface area (Å²) < 4.78 is 5.19. The molecule has 0 bridgehead atoms. The fraction of sp³-hybridized carbons (Fsp3) is 0.171. The fourth-order valence-corrected chi connectivity index (χ4v) is 5.70. The minimum Gasteiger partial charge on any atom is -0.460 e. The third kappa shape index (κ3) is 9.74. The van der Waals surface area contributed by atoms with Gasteiger partial charge in [0.1, 0.15) is 19.2 Å². The highest BCUT2D eigenvalue weighted by molar-refractivity contribution is 5.92. The molecule has 254 valence electrons. The van der Waals surface area contributed by atoms with Gasteiger partial charge in [0.05, 0.1) is 18.6 Å². The Morgan fingerprint density at radius 1 is 0.520 bits per heavy atom. The number of carbonyl (C=O) groups is 4. The van der Waals surface area contributed by atoms with Gasteiger partial charge in [-0.1, -0.05) is 152 Å². The van der Waals surface area contributed by atoms with Crippen molar-refractivity contribution in [2.45, 2.75) is 24.6 Å². The first-order chi connectivity index (χ1) is 24.4. The number of benzene rings is 5. The molecule has 5 aromatic carbocycles. The highest BCUT2D eigenvalue weighted by Gasteiger charge is 2.36. The molecule has 0 spiro atoms. The molecule has 5 rings (SSSR count). The average Bonchev–Trinajstić information content (AvgIpc) is 3.17. The number of amides is 3. The van der Waals surface area contributed by atoms with Gasteiger partial charge in [-0.2, -0.15) is 0 Å². The lowest BCUT2D eigenvalue weighted by atomic mass is 9.77. The SMILES string of the molecule is O=C(CNC(=O)[C@H](Cc1ccccc1)NC(=O)CNC(c1ccccc1)(c1ccccc1)c1ccccc1)NCC(=O)OCc1ccccc1. The summed E-state index contributed by atoms with van der Waals surface area (Å²) in [6.07, 6.45) is 0.201. The summed E-state index contributed by atoms with van der Waals surface area (Å²) in [7, 11) is 0. The molecular weight excluding hydrogens is 628 g/mol. The van der Waals surface area contributed by atoms with E-state index < -0.39 is 35.3 Å². The van der Waals surface area contributed by atoms with Crippen LogP contribution < -0.4 is 21.3 Å². The maximum atomic E-state index is 13.7. The monoisotopic (exact) mass is 668 g/mol. The summed E-state index contributed by atoms with van der Waals surface area (Å²) in [6.45, 7) is -0.763. The summed E-state index contributed by atoms with van der Waals surface area (Å²) in [4.78, 5) is 51.8. The Morgan fingerprint density at radius 2 is 0.980 bits per heavy atom. The van der Waals surface area contributed by atoms with Gasteiger partial charge in [-0.25, -0.2) is 0 Å². The van der Waals surface area contributed by atoms with E-state index in [9.17, 15) is 19.2 Å². The Labute approximate surface area is 292 Å². The van der Waals surface area contributed by atoms with Crippen molar-refractivity contribution in [2.24, 2.45) is 0 Å². The van der Waals surface area contributed by atoms with Crippen LogP contribution in [0.4, 0.5) is 0 Å². The van der Waals surface area contributed by atoms with Gasteiger partial charge in [-0.3, -0.25) is 24.5 Å². The molecule has 1 atom stereocenters. The van der Waals surface area contributed by atoms with Crippen molar-refractivity contribution in [3.8, 4) is 0 Å². The van der Waals surface area contributed by atoms with Crippen LogP contribution in [0.1, 0.15) is 27.8 Å². The number of hydrogen-bond acceptors (Lipinski definition) is 6. The van der Waals surface area contributed by atoms with Crippen LogP contribution in [0.5, 0.6) is 0 Å². The number of esters is 1. The van der Waals surface area contributed by atoms with E-state index in [1.165, 1.54) is 0 Å². The van der Waals surface area contributed by atoms with Crippen LogP contribution in [-0.4, -0.2) is 49.4 Å². The Bertz CT molecular complexity index is 1730. The Morgan fingerprint density at radius 3 is 1.48 bits per heavy atom. The summed E-state index contributed by atoms with van der Waals surface area (Å²) in [5.41, 5.74) is 3.61. The molecule has 0 heterocycles. The normalized spacial score (nSPS) is 11.5. The van der Waals surface area contributed by atoms with Crippen molar-refractivity contribution in [3.05, 3.63) is 179 Å². The first-order valence-electron chi connectivity index (χ1n) is 16.4. The zero-order valence-electron chi connectivity index (χ0n) is 27.6. The lowest BCUT2D eigenvalue weighted by molar-refractivity contribution is -0.145. The van der Waals surface area contributed by atoms with Gasteiger partial charge in [0.25, 0.3) is 0 Å². The standard InChI is InChI=1S/C41H40N4O5/c46-37(42-29-39(48)50-30-32-18-8-2-9-19-32)27-43-40(49)36(26-31-16-6-1-7-17-31)45-38(47)28-44-41(33-20-10-3-11-21-33,34-22-12-4-13-23-34)35-24-14-5-15-25-35/h1-25,36,44H,26-30H2,(H,42,46)(H,43,49)(H,45,47)/t36-/m0/s1. The zero-order valence-corrected chi connectivity index (χ0v) is 27.6. The van der Waals surface area contributed by atoms with E-state index in [2.05, 4.69) is 21.3 Å². The van der Waals surface area contributed by atoms with Gasteiger partial charge in [-0.15, -0.1) is 0 Å². The first kappa shape index (κ1) is 35.3. The summed E-state index contributed by atoms with van der Waals surface area (Å²) in [6, 6.07) is 47.2. The predicted molar refractivity (Wildman–Crippen MR) is 192 cm³/mol. The maximum absolute atomic E-state index is 13.7. The van der Waals surface area contributed by atoms with Gasteiger partial charge >= 0.3 is 5.97 Å². The summed E-state index contributed by atoms with van der Waals surface area (Å²) in [5, 5.41) is 11.5. The molecule has 9 nitrogen and oxygen atoms in total. The van der Waals surface area contributed by atoms with Crippen LogP contribution in [0.2, 0.25) is 0 Å². The van der Waals surface area contributed by atoms with Gasteiger partial charge in [0.15, 0.2) is 0 Å². The average molecular weight is 669 g/mol. The van der Waals surface area contributed by atoms with Crippen LogP contribution in [0.15, 0.2) is 152 Å². The highest BCUT2D eigenvalue weighted by Crippen LogP contribution is 2.36. The van der Waals surface area contributed by atoms with Gasteiger partial charge in [0.2, 0.25) is 17.7 Å². The van der Waals surface area contributed by atoms with Crippen molar-refractivity contribution >= 4 is 23.7 Å². The molecule has 9 heteroatoms. The lowest BCUT2D eigenvalue weighted by Crippen LogP contribution is -2.54. The van der Waals surface area contributed by atoms with Crippen molar-refractivity contribution < 1.29 is 23.9 Å². The van der Waals surface area contributed by atoms with E-state index in [1.807, 2.05) is 152 Å². The van der Waals surface area contributed by atoms with Crippen molar-refractivity contribution in [2.75, 3.05) is 19.6 Å². The Balaban J connectivity index is 1.25. The second-order valence-corrected chi connectivity index (χ2v) is 11.7. The molecule has 3 amide bonds. The zero-order chi connectivity index (χ0) is 35.0. The van der Waals surface area contributed by atoms with E-state index in [4.69, 9.17) is 4.74 Å². The molecule has 0 unspecified atom stereocenters. The predicted octanol–water partition coefficient (Wildman–Crippen LogP) is 4.27. The van der Waals surface area contributed by atoms with Crippen LogP contribution in [0, 0.1) is 0 Å². The topological polar surface area (TPSA) is 126 Å². The van der Waals surface area contributed by atoms with Crippen molar-refractivity contribution in [1.29, 1.82) is 0 Å². The van der Waals surface area contributed by atoms with Crippen molar-refractivity contribution in [3.63, 3.8) is 0 Å². The van der Waals surface area contributed by atoms with E-state index in [0.29, 0.717) is 0 Å². The number of nitrogens with one attached hydrogen (secondary N) is 4. The second-order valence-electron chi connectivity index (χ2n) is 11.7. The third-order valence-corrected chi connectivity index (χ3v) is 8.16. The third-order valence-electron chi connectivity index (χ3n) is 8.16. The molecule has 0 saturated heterocycles. The van der Waals surface area contributed by atoms with Crippen LogP contribution >= 0.6 is 0 Å². The molecular formula is C41H40N4O5. The van der Waals surface area contributed by atoms with E-state index >= 15 is 0 Å². The molecule has 0 aliphatic heterocycles. The van der Waals surface area contributed by atoms with Crippen LogP contribution in [-0.2, 0) is 42.5 Å². The lowest BCUT2D eigenvalue weighted by Gasteiger charge is -2.37. The molecule has 50 heavy (non-hydrogen) atoms. The molecule has 0 saturated carbocycles. The molecule has 0 aliphatic carbocycles. The van der Waals surface area contributed by atoms with E-state index in [1.54, 1.807) is 0 Å². The van der Waals surface area contributed by atoms with Crippen molar-refractivity contribution in [1.82, 2.24) is 21.3 Å². The quantitative estimate of drug-likeness (QED) is 0.0920. The molecule has 0 aliphatic rings. The Kier molecular flexibility index (Phi) is 12.6. The minimum atomic E-state index is -0.977. The minimum absolute atomic E-state index is 0.0885. The molecule has 0 radical (unpaired) electrons. The van der Waals surface area contributed by atoms with Gasteiger partial charge < -0.3 is 20.7 Å². The summed E-state index contributed by atoms with van der Waals surface area (Å²) in [5.74, 6) is -2.11. The Hall–Kier alpha value is -6.06. The smallest absolute Gasteiger partial charge is 0.325 e. The van der Waals surface area contributed by atoms with E-state index in [-0.39, 0.29) is 32.7 Å². The molecule has 0 fully saturated rings. The number of ether oxygens (including phenoxy) is 1. The number of rotatable bonds is 16. The second kappa shape index (κ2) is 17.9. The van der Waals surface area contributed by atoms with Gasteiger partial charge in [-0.05, 0) is 27.8 Å². The fourth-order valence-electron chi connectivity index (χ4n) is 5.70. The number of hydrogen-bond donors (Lipinski definition) is 4. The largest absolute Gasteiger partial charge is 0.460 e. The first-order valence-corrected chi connectivity index (χ1v) is 16.4. The molecule has 5 aromatic rings. The summed E-state index contributed by atoms with van der Waals surface area (Å²) >= 11 is 0. The van der Waals surface area contributed by atoms with Crippen LogP contribution in [0.3, 0.4) is 0 Å². The highest BCUT2D eigenvalue weighted by atomic mass is 16.5.